The van der Waals surface area contributed by atoms with E-state index in [1.54, 1.807) is 0 Å². The first-order chi connectivity index (χ1) is 28.7. The lowest BCUT2D eigenvalue weighted by atomic mass is 10.2. The Bertz CT molecular complexity index is 2310. The second-order valence-corrected chi connectivity index (χ2v) is 23.1. The van der Waals surface area contributed by atoms with E-state index in [2.05, 4.69) is 276 Å². The molecule has 0 atom stereocenters. The quantitative estimate of drug-likeness (QED) is 0.0932. The van der Waals surface area contributed by atoms with E-state index < -0.39 is 16.1 Å². The van der Waals surface area contributed by atoms with E-state index in [9.17, 15) is 0 Å². The van der Waals surface area contributed by atoms with Gasteiger partial charge in [0.1, 0.15) is 0 Å². The van der Waals surface area contributed by atoms with E-state index in [0.717, 1.165) is 21.5 Å². The van der Waals surface area contributed by atoms with E-state index in [0.29, 0.717) is 0 Å². The molecule has 0 bridgehead atoms. The van der Waals surface area contributed by atoms with E-state index in [1.165, 1.54) is 41.5 Å². The van der Waals surface area contributed by atoms with Crippen LogP contribution in [-0.2, 0) is 0 Å². The number of hydrogen-bond donors (Lipinski definition) is 0. The molecule has 0 fully saturated rings. The van der Waals surface area contributed by atoms with Crippen LogP contribution in [0, 0.1) is 0 Å². The maximum Gasteiger partial charge on any atom is 0.179 e. The highest BCUT2D eigenvalue weighted by Crippen LogP contribution is 2.35. The molecule has 0 amide bonds. The Labute approximate surface area is 352 Å². The second-order valence-electron chi connectivity index (χ2n) is 14.6. The van der Waals surface area contributed by atoms with Crippen molar-refractivity contribution in [3.8, 4) is 0 Å². The van der Waals surface area contributed by atoms with Crippen LogP contribution in [0.3, 0.4) is 0 Å². The van der Waals surface area contributed by atoms with Crippen molar-refractivity contribution >= 4 is 90.6 Å². The van der Waals surface area contributed by atoms with Crippen LogP contribution in [0.1, 0.15) is 0 Å². The fourth-order valence-electron chi connectivity index (χ4n) is 8.89. The van der Waals surface area contributed by atoms with Crippen LogP contribution in [0.2, 0.25) is 0 Å². The molecule has 1 nitrogen and oxygen atoms in total. The van der Waals surface area contributed by atoms with Crippen LogP contribution in [0.15, 0.2) is 259 Å². The molecule has 0 saturated heterocycles. The third-order valence-electron chi connectivity index (χ3n) is 11.4. The SMILES string of the molecule is Brc1ccc(N(c2ccc([Si](c3ccccc3)(c3ccccc3)c3ccccc3)cc2)c2ccc([Si](c3ccccc3)(c3ccccc3)c3ccccc3)cc2)cc1. The minimum absolute atomic E-state index is 1.05. The average molecular weight is 841 g/mol. The van der Waals surface area contributed by atoms with Crippen LogP contribution in [0.4, 0.5) is 17.1 Å². The highest BCUT2D eigenvalue weighted by molar-refractivity contribution is 9.10. The molecule has 0 aliphatic carbocycles. The zero-order valence-electron chi connectivity index (χ0n) is 32.1. The molecule has 9 aromatic carbocycles. The summed E-state index contributed by atoms with van der Waals surface area (Å²) >= 11 is 3.69. The number of hydrogen-bond acceptors (Lipinski definition) is 1. The number of rotatable bonds is 11. The number of benzene rings is 9. The largest absolute Gasteiger partial charge is 0.311 e. The van der Waals surface area contributed by atoms with Gasteiger partial charge in [-0.3, -0.25) is 0 Å². The van der Waals surface area contributed by atoms with Gasteiger partial charge < -0.3 is 4.90 Å². The molecule has 9 rings (SSSR count). The van der Waals surface area contributed by atoms with Gasteiger partial charge in [-0.2, -0.15) is 0 Å². The van der Waals surface area contributed by atoms with Gasteiger partial charge in [0, 0.05) is 21.5 Å². The Hall–Kier alpha value is -6.31. The van der Waals surface area contributed by atoms with Crippen molar-refractivity contribution in [3.05, 3.63) is 259 Å². The standard InChI is InChI=1S/C54H42BrNSi2/c55-43-31-33-44(34-32-43)56(45-35-39-53(40-36-45)57(47-19-7-1-8-20-47,48-21-9-2-10-22-48)49-23-11-3-12-24-49)46-37-41-54(42-38-46)58(50-25-13-4-14-26-50,51-27-15-5-16-28-51)52-29-17-6-18-30-52/h1-42H. The first-order valence-corrected chi connectivity index (χ1v) is 24.6. The summed E-state index contributed by atoms with van der Waals surface area (Å²) in [5.41, 5.74) is 3.31. The monoisotopic (exact) mass is 839 g/mol. The Morgan fingerprint density at radius 3 is 0.638 bits per heavy atom. The summed E-state index contributed by atoms with van der Waals surface area (Å²) in [5, 5.41) is 10.9. The van der Waals surface area contributed by atoms with Crippen molar-refractivity contribution in [2.45, 2.75) is 0 Å². The number of anilines is 3. The third kappa shape index (κ3) is 6.79. The molecule has 0 aliphatic rings. The average Bonchev–Trinajstić information content (AvgIpc) is 3.31. The summed E-state index contributed by atoms with van der Waals surface area (Å²) in [7, 11) is -5.34. The van der Waals surface area contributed by atoms with Gasteiger partial charge in [-0.1, -0.05) is 222 Å². The smallest absolute Gasteiger partial charge is 0.179 e. The molecule has 0 spiro atoms. The molecule has 0 radical (unpaired) electrons. The molecule has 0 aliphatic heterocycles. The molecule has 58 heavy (non-hydrogen) atoms. The summed E-state index contributed by atoms with van der Waals surface area (Å²) in [4.78, 5) is 2.38. The Balaban J connectivity index is 1.21. The summed E-state index contributed by atoms with van der Waals surface area (Å²) in [6, 6.07) is 94.2. The van der Waals surface area contributed by atoms with E-state index >= 15 is 0 Å². The maximum atomic E-state index is 3.69. The van der Waals surface area contributed by atoms with Gasteiger partial charge >= 0.3 is 0 Å². The molecule has 4 heteroatoms. The van der Waals surface area contributed by atoms with Gasteiger partial charge in [0.2, 0.25) is 0 Å². The Morgan fingerprint density at radius 1 is 0.224 bits per heavy atom. The normalized spacial score (nSPS) is 11.5. The molecular formula is C54H42BrNSi2. The topological polar surface area (TPSA) is 3.24 Å². The predicted octanol–water partition coefficient (Wildman–Crippen LogP) is 8.67. The molecule has 0 unspecified atom stereocenters. The maximum absolute atomic E-state index is 3.69. The van der Waals surface area contributed by atoms with Gasteiger partial charge in [0.25, 0.3) is 0 Å². The minimum atomic E-state index is -2.67. The predicted molar refractivity (Wildman–Crippen MR) is 256 cm³/mol. The van der Waals surface area contributed by atoms with Gasteiger partial charge in [-0.25, -0.2) is 0 Å². The van der Waals surface area contributed by atoms with Crippen molar-refractivity contribution in [1.82, 2.24) is 0 Å². The number of halogens is 1. The molecule has 0 saturated carbocycles. The second kappa shape index (κ2) is 16.7. The van der Waals surface area contributed by atoms with E-state index in [-0.39, 0.29) is 0 Å². The minimum Gasteiger partial charge on any atom is -0.311 e. The van der Waals surface area contributed by atoms with E-state index in [1.807, 2.05) is 0 Å². The molecule has 0 aromatic heterocycles. The van der Waals surface area contributed by atoms with E-state index in [4.69, 9.17) is 0 Å². The summed E-state index contributed by atoms with van der Waals surface area (Å²) < 4.78 is 1.05. The zero-order chi connectivity index (χ0) is 39.2. The van der Waals surface area contributed by atoms with Gasteiger partial charge in [-0.05, 0) is 90.0 Å². The first kappa shape index (κ1) is 37.3. The molecule has 9 aromatic rings. The fraction of sp³-hybridized carbons (Fsp3) is 0. The van der Waals surface area contributed by atoms with Gasteiger partial charge in [0.15, 0.2) is 16.1 Å². The highest BCUT2D eigenvalue weighted by Gasteiger charge is 2.42. The number of nitrogens with zero attached hydrogens (tertiary/aromatic N) is 1. The molecule has 0 heterocycles. The first-order valence-electron chi connectivity index (χ1n) is 19.8. The van der Waals surface area contributed by atoms with Crippen LogP contribution in [0.25, 0.3) is 0 Å². The van der Waals surface area contributed by atoms with Crippen molar-refractivity contribution in [2.24, 2.45) is 0 Å². The molecule has 278 valence electrons. The van der Waals surface area contributed by atoms with Crippen LogP contribution >= 0.6 is 15.9 Å². The summed E-state index contributed by atoms with van der Waals surface area (Å²) in [6.45, 7) is 0. The Morgan fingerprint density at radius 2 is 0.414 bits per heavy atom. The Kier molecular flexibility index (Phi) is 10.7. The highest BCUT2D eigenvalue weighted by atomic mass is 79.9. The van der Waals surface area contributed by atoms with Gasteiger partial charge in [0.05, 0.1) is 0 Å². The third-order valence-corrected chi connectivity index (χ3v) is 21.6. The molecular weight excluding hydrogens is 799 g/mol. The van der Waals surface area contributed by atoms with Crippen molar-refractivity contribution in [3.63, 3.8) is 0 Å². The lowest BCUT2D eigenvalue weighted by Crippen LogP contribution is -2.74. The van der Waals surface area contributed by atoms with Crippen LogP contribution in [-0.4, -0.2) is 16.1 Å². The van der Waals surface area contributed by atoms with Crippen LogP contribution < -0.4 is 46.4 Å². The zero-order valence-corrected chi connectivity index (χ0v) is 35.7. The summed E-state index contributed by atoms with van der Waals surface area (Å²) in [5.74, 6) is 0. The van der Waals surface area contributed by atoms with Crippen molar-refractivity contribution in [2.75, 3.05) is 4.90 Å². The molecule has 0 N–H and O–H groups in total. The lowest BCUT2D eigenvalue weighted by molar-refractivity contribution is 1.28. The van der Waals surface area contributed by atoms with Crippen molar-refractivity contribution in [1.29, 1.82) is 0 Å². The summed E-state index contributed by atoms with van der Waals surface area (Å²) in [6.07, 6.45) is 0. The lowest BCUT2D eigenvalue weighted by Gasteiger charge is -2.35. The fourth-order valence-corrected chi connectivity index (χ4v) is 18.6. The van der Waals surface area contributed by atoms with Crippen molar-refractivity contribution < 1.29 is 0 Å². The van der Waals surface area contributed by atoms with Crippen LogP contribution in [0.5, 0.6) is 0 Å². The van der Waals surface area contributed by atoms with Gasteiger partial charge in [-0.15, -0.1) is 0 Å².